The molecule has 4 heterocycles. The fraction of sp³-hybridized carbons (Fsp3) is 0.278. The number of aromatic amines is 1. The van der Waals surface area contributed by atoms with Crippen molar-refractivity contribution in [3.8, 4) is 22.9 Å². The molecular formula is C36H34F2N6O5S. The zero-order valence-corrected chi connectivity index (χ0v) is 28.2. The molecule has 0 saturated carbocycles. The number of carboxylic acid groups (broad SMARTS) is 1. The van der Waals surface area contributed by atoms with Crippen molar-refractivity contribution >= 4 is 26.7 Å². The molecule has 0 aliphatic carbocycles. The lowest BCUT2D eigenvalue weighted by molar-refractivity contribution is -0.136. The van der Waals surface area contributed by atoms with Crippen molar-refractivity contribution in [3.63, 3.8) is 0 Å². The summed E-state index contributed by atoms with van der Waals surface area (Å²) in [6, 6.07) is 16.3. The Labute approximate surface area is 286 Å². The first kappa shape index (κ1) is 33.1. The Morgan fingerprint density at radius 3 is 2.74 bits per heavy atom. The van der Waals surface area contributed by atoms with Crippen molar-refractivity contribution in [2.75, 3.05) is 11.5 Å². The van der Waals surface area contributed by atoms with Crippen molar-refractivity contribution in [3.05, 3.63) is 113 Å². The summed E-state index contributed by atoms with van der Waals surface area (Å²) in [4.78, 5) is 19.1. The average Bonchev–Trinajstić information content (AvgIpc) is 3.84. The van der Waals surface area contributed by atoms with Gasteiger partial charge in [-0.25, -0.2) is 26.9 Å². The van der Waals surface area contributed by atoms with Crippen LogP contribution in [0.1, 0.15) is 48.0 Å². The van der Waals surface area contributed by atoms with Gasteiger partial charge in [0.1, 0.15) is 11.6 Å². The molecule has 0 fully saturated rings. The van der Waals surface area contributed by atoms with E-state index in [1.165, 1.54) is 28.9 Å². The average molecular weight is 701 g/mol. The number of nitrogens with one attached hydrogen (secondary N) is 1. The summed E-state index contributed by atoms with van der Waals surface area (Å²) in [5.74, 6) is -2.06. The third kappa shape index (κ3) is 6.38. The second kappa shape index (κ2) is 12.8. The standard InChI is InChI=1S/C36H34F2N6O5S/c1-36(23-5-3-4-22(18-23)6-9-32(45)46)12-16-50(47,48)17-15-44-24(10-14-40-44)19-27-26-11-13-39-31(26)21-30(38)33(27)49-25-7-8-29(37)28(20-25)34-41-35(36)42-43(34)2/h3-5,7-8,10-11,13-14,18,20-21,39H,6,9,12,15-17,19H2,1-2H3,(H,45,46). The highest BCUT2D eigenvalue weighted by atomic mass is 32.2. The van der Waals surface area contributed by atoms with E-state index in [9.17, 15) is 18.3 Å². The number of aromatic nitrogens is 6. The number of hydrogen-bond donors (Lipinski definition) is 2. The summed E-state index contributed by atoms with van der Waals surface area (Å²) in [5, 5.41) is 19.0. The third-order valence-corrected chi connectivity index (χ3v) is 11.0. The van der Waals surface area contributed by atoms with Crippen LogP contribution >= 0.6 is 0 Å². The van der Waals surface area contributed by atoms with Crippen LogP contribution < -0.4 is 4.74 Å². The summed E-state index contributed by atoms with van der Waals surface area (Å²) in [6.07, 6.45) is 3.75. The molecule has 0 spiro atoms. The van der Waals surface area contributed by atoms with Crippen LogP contribution in [0.5, 0.6) is 11.5 Å². The molecule has 11 nitrogen and oxygen atoms in total. The molecular weight excluding hydrogens is 666 g/mol. The lowest BCUT2D eigenvalue weighted by Gasteiger charge is -2.28. The number of carboxylic acids is 1. The Bertz CT molecular complexity index is 2370. The van der Waals surface area contributed by atoms with Crippen LogP contribution in [0.15, 0.2) is 73.1 Å². The fourth-order valence-corrected chi connectivity index (χ4v) is 7.88. The minimum atomic E-state index is -3.67. The van der Waals surface area contributed by atoms with E-state index in [1.54, 1.807) is 36.3 Å². The Kier molecular flexibility index (Phi) is 8.50. The van der Waals surface area contributed by atoms with E-state index in [4.69, 9.17) is 9.72 Å². The van der Waals surface area contributed by atoms with Gasteiger partial charge in [0, 0.05) is 60.5 Å². The number of rotatable bonds is 4. The Balaban J connectivity index is 1.39. The van der Waals surface area contributed by atoms with Gasteiger partial charge in [0.15, 0.2) is 33.1 Å². The lowest BCUT2D eigenvalue weighted by Crippen LogP contribution is -2.30. The second-order valence-electron chi connectivity index (χ2n) is 12.8. The quantitative estimate of drug-likeness (QED) is 0.229. The van der Waals surface area contributed by atoms with Crippen molar-refractivity contribution in [2.45, 2.75) is 44.6 Å². The minimum absolute atomic E-state index is 0.0508. The van der Waals surface area contributed by atoms with Crippen LogP contribution in [-0.4, -0.2) is 60.5 Å². The van der Waals surface area contributed by atoms with E-state index in [2.05, 4.69) is 15.2 Å². The van der Waals surface area contributed by atoms with E-state index in [-0.39, 0.29) is 72.4 Å². The number of hydrogen-bond acceptors (Lipinski definition) is 7. The molecule has 1 aliphatic heterocycles. The largest absolute Gasteiger partial charge is 0.481 e. The summed E-state index contributed by atoms with van der Waals surface area (Å²) in [6.45, 7) is 1.90. The van der Waals surface area contributed by atoms with Crippen LogP contribution in [0.4, 0.5) is 8.78 Å². The number of carbonyl (C=O) groups is 1. The van der Waals surface area contributed by atoms with Gasteiger partial charge in [-0.15, -0.1) is 0 Å². The van der Waals surface area contributed by atoms with Crippen LogP contribution in [0.25, 0.3) is 22.3 Å². The summed E-state index contributed by atoms with van der Waals surface area (Å²) < 4.78 is 67.9. The molecule has 14 heteroatoms. The molecule has 0 saturated heterocycles. The van der Waals surface area contributed by atoms with E-state index in [0.29, 0.717) is 27.7 Å². The van der Waals surface area contributed by atoms with Crippen molar-refractivity contribution in [1.82, 2.24) is 29.5 Å². The Morgan fingerprint density at radius 2 is 1.92 bits per heavy atom. The van der Waals surface area contributed by atoms with Crippen molar-refractivity contribution in [2.24, 2.45) is 7.05 Å². The van der Waals surface area contributed by atoms with E-state index < -0.39 is 32.9 Å². The zero-order chi connectivity index (χ0) is 35.2. The molecule has 0 radical (unpaired) electrons. The summed E-state index contributed by atoms with van der Waals surface area (Å²) in [5.41, 5.74) is 2.17. The SMILES string of the molecule is Cn1nc2nc1-c1cc(ccc1F)Oc1c(F)cc3[nH]ccc3c1Cc1ccnn1CCS(=O)(=O)CCC2(C)c1cccc(CCC(=O)O)c1. The van der Waals surface area contributed by atoms with Gasteiger partial charge in [-0.1, -0.05) is 24.3 Å². The van der Waals surface area contributed by atoms with Crippen LogP contribution in [-0.2, 0) is 46.5 Å². The first-order chi connectivity index (χ1) is 23.9. The minimum Gasteiger partial charge on any atom is -0.481 e. The van der Waals surface area contributed by atoms with E-state index in [1.807, 2.05) is 31.2 Å². The molecule has 3 aromatic heterocycles. The molecule has 1 aliphatic rings. The van der Waals surface area contributed by atoms with Crippen LogP contribution in [0, 0.1) is 11.6 Å². The zero-order valence-electron chi connectivity index (χ0n) is 27.4. The number of ether oxygens (including phenoxy) is 1. The van der Waals surface area contributed by atoms with Gasteiger partial charge < -0.3 is 14.8 Å². The van der Waals surface area contributed by atoms with Gasteiger partial charge in [0.25, 0.3) is 0 Å². The number of aliphatic carboxylic acids is 1. The molecule has 3 aromatic carbocycles. The number of H-pyrrole nitrogens is 1. The first-order valence-corrected chi connectivity index (χ1v) is 17.9. The number of nitrogens with zero attached hydrogens (tertiary/aromatic N) is 5. The molecule has 0 amide bonds. The molecule has 50 heavy (non-hydrogen) atoms. The second-order valence-corrected chi connectivity index (χ2v) is 15.1. The van der Waals surface area contributed by atoms with Gasteiger partial charge in [0.2, 0.25) is 0 Å². The van der Waals surface area contributed by atoms with Crippen LogP contribution in [0.3, 0.4) is 0 Å². The first-order valence-electron chi connectivity index (χ1n) is 16.1. The maximum Gasteiger partial charge on any atom is 0.303 e. The number of halogens is 2. The van der Waals surface area contributed by atoms with Crippen molar-refractivity contribution in [1.29, 1.82) is 0 Å². The van der Waals surface area contributed by atoms with Gasteiger partial charge in [-0.3, -0.25) is 9.48 Å². The van der Waals surface area contributed by atoms with Crippen LogP contribution in [0.2, 0.25) is 0 Å². The summed E-state index contributed by atoms with van der Waals surface area (Å²) >= 11 is 0. The Morgan fingerprint density at radius 1 is 1.08 bits per heavy atom. The van der Waals surface area contributed by atoms with Gasteiger partial charge in [-0.05, 0) is 61.2 Å². The monoisotopic (exact) mass is 700 g/mol. The highest BCUT2D eigenvalue weighted by Crippen LogP contribution is 2.39. The predicted octanol–water partition coefficient (Wildman–Crippen LogP) is 5.96. The molecule has 6 aromatic rings. The number of fused-ring (bicyclic) bond motifs is 9. The van der Waals surface area contributed by atoms with E-state index >= 15 is 8.78 Å². The highest BCUT2D eigenvalue weighted by Gasteiger charge is 2.36. The fourth-order valence-electron chi connectivity index (χ4n) is 6.51. The molecule has 1 unspecified atom stereocenters. The Hall–Kier alpha value is -5.37. The number of aryl methyl sites for hydroxylation is 3. The maximum atomic E-state index is 15.8. The molecule has 7 rings (SSSR count). The highest BCUT2D eigenvalue weighted by molar-refractivity contribution is 7.91. The van der Waals surface area contributed by atoms with Gasteiger partial charge >= 0.3 is 5.97 Å². The lowest BCUT2D eigenvalue weighted by atomic mass is 9.78. The number of benzene rings is 3. The topological polar surface area (TPSA) is 145 Å². The van der Waals surface area contributed by atoms with Gasteiger partial charge in [0.05, 0.1) is 29.0 Å². The molecule has 258 valence electrons. The molecule has 4 bridgehead atoms. The smallest absolute Gasteiger partial charge is 0.303 e. The molecule has 2 N–H and O–H groups in total. The van der Waals surface area contributed by atoms with Gasteiger partial charge in [-0.2, -0.15) is 10.2 Å². The molecule has 1 atom stereocenters. The number of sulfone groups is 1. The predicted molar refractivity (Wildman–Crippen MR) is 182 cm³/mol. The summed E-state index contributed by atoms with van der Waals surface area (Å²) in [7, 11) is -2.06. The van der Waals surface area contributed by atoms with E-state index in [0.717, 1.165) is 5.56 Å². The third-order valence-electron chi connectivity index (χ3n) is 9.40. The maximum absolute atomic E-state index is 15.8. The van der Waals surface area contributed by atoms with Crippen molar-refractivity contribution < 1.29 is 31.8 Å². The normalized spacial score (nSPS) is 17.7.